The number of ether oxygens (including phenoxy) is 2. The zero-order valence-corrected chi connectivity index (χ0v) is 15.3. The number of tetrazole rings is 1. The highest BCUT2D eigenvalue weighted by Gasteiger charge is 2.21. The smallest absolute Gasteiger partial charge is 0.232 e. The lowest BCUT2D eigenvalue weighted by atomic mass is 9.97. The van der Waals surface area contributed by atoms with Crippen LogP contribution >= 0.6 is 0 Å². The molecule has 0 radical (unpaired) electrons. The fourth-order valence-electron chi connectivity index (χ4n) is 2.70. The lowest BCUT2D eigenvalue weighted by Crippen LogP contribution is -2.24. The third kappa shape index (κ3) is 4.41. The lowest BCUT2D eigenvalue weighted by Gasteiger charge is -2.18. The SMILES string of the molecule is COc1ccc(NC(=O)[C@@H](Cc2ccc(C)cc2)c2nnn[n-]2)cc1OC. The summed E-state index contributed by atoms with van der Waals surface area (Å²) in [5.74, 6) is 0.528. The van der Waals surface area contributed by atoms with E-state index in [1.165, 1.54) is 0 Å². The molecule has 1 N–H and O–H groups in total. The summed E-state index contributed by atoms with van der Waals surface area (Å²) in [6.45, 7) is 2.01. The number of hydrogen-bond donors (Lipinski definition) is 1. The number of nitrogens with one attached hydrogen (secondary N) is 1. The predicted molar refractivity (Wildman–Crippen MR) is 98.9 cm³/mol. The number of anilines is 1. The van der Waals surface area contributed by atoms with Crippen molar-refractivity contribution in [3.8, 4) is 11.5 Å². The van der Waals surface area contributed by atoms with Crippen LogP contribution in [0.25, 0.3) is 0 Å². The minimum Gasteiger partial charge on any atom is -0.493 e. The van der Waals surface area contributed by atoms with Gasteiger partial charge in [0.1, 0.15) is 0 Å². The van der Waals surface area contributed by atoms with Crippen molar-refractivity contribution in [3.63, 3.8) is 0 Å². The van der Waals surface area contributed by atoms with Gasteiger partial charge in [0.25, 0.3) is 0 Å². The van der Waals surface area contributed by atoms with Crippen LogP contribution in [0.2, 0.25) is 0 Å². The topological polar surface area (TPSA) is 100 Å². The summed E-state index contributed by atoms with van der Waals surface area (Å²) >= 11 is 0. The zero-order valence-electron chi connectivity index (χ0n) is 15.3. The summed E-state index contributed by atoms with van der Waals surface area (Å²) in [6, 6.07) is 13.1. The first kappa shape index (κ1) is 18.4. The molecular weight excluding hydrogens is 346 g/mol. The molecule has 8 nitrogen and oxygen atoms in total. The van der Waals surface area contributed by atoms with E-state index >= 15 is 0 Å². The minimum atomic E-state index is -0.615. The van der Waals surface area contributed by atoms with Crippen molar-refractivity contribution in [1.82, 2.24) is 20.6 Å². The second-order valence-electron chi connectivity index (χ2n) is 6.04. The Hall–Kier alpha value is -3.42. The van der Waals surface area contributed by atoms with Gasteiger partial charge in [0.15, 0.2) is 11.5 Å². The summed E-state index contributed by atoms with van der Waals surface area (Å²) < 4.78 is 10.5. The van der Waals surface area contributed by atoms with Gasteiger partial charge in [-0.1, -0.05) is 29.8 Å². The number of carbonyl (C=O) groups is 1. The van der Waals surface area contributed by atoms with Crippen LogP contribution in [0.15, 0.2) is 42.5 Å². The molecule has 2 aromatic carbocycles. The number of hydrogen-bond acceptors (Lipinski definition) is 6. The van der Waals surface area contributed by atoms with Crippen LogP contribution in [-0.4, -0.2) is 35.7 Å². The van der Waals surface area contributed by atoms with E-state index in [2.05, 4.69) is 25.9 Å². The highest BCUT2D eigenvalue weighted by Crippen LogP contribution is 2.30. The number of carbonyl (C=O) groups excluding carboxylic acids is 1. The molecule has 27 heavy (non-hydrogen) atoms. The minimum absolute atomic E-state index is 0.252. The summed E-state index contributed by atoms with van der Waals surface area (Å²) in [5.41, 5.74) is 2.73. The van der Waals surface area contributed by atoms with Crippen LogP contribution in [0.5, 0.6) is 11.5 Å². The predicted octanol–water partition coefficient (Wildman–Crippen LogP) is 2.12. The Morgan fingerprint density at radius 1 is 1.11 bits per heavy atom. The molecule has 0 aliphatic heterocycles. The van der Waals surface area contributed by atoms with E-state index in [0.29, 0.717) is 23.6 Å². The van der Waals surface area contributed by atoms with E-state index in [0.717, 1.165) is 11.1 Å². The highest BCUT2D eigenvalue weighted by molar-refractivity contribution is 5.95. The molecule has 140 valence electrons. The Kier molecular flexibility index (Phi) is 5.65. The van der Waals surface area contributed by atoms with Crippen molar-refractivity contribution in [3.05, 3.63) is 59.4 Å². The van der Waals surface area contributed by atoms with Crippen LogP contribution in [-0.2, 0) is 11.2 Å². The van der Waals surface area contributed by atoms with E-state index in [-0.39, 0.29) is 11.7 Å². The van der Waals surface area contributed by atoms with Crippen molar-refractivity contribution in [2.75, 3.05) is 19.5 Å². The van der Waals surface area contributed by atoms with Crippen LogP contribution in [0, 0.1) is 6.92 Å². The Balaban J connectivity index is 1.82. The number of benzene rings is 2. The molecule has 0 fully saturated rings. The monoisotopic (exact) mass is 366 g/mol. The molecule has 1 amide bonds. The van der Waals surface area contributed by atoms with Crippen LogP contribution < -0.4 is 19.9 Å². The van der Waals surface area contributed by atoms with Gasteiger partial charge in [-0.25, -0.2) is 0 Å². The molecule has 0 saturated carbocycles. The molecule has 0 aliphatic carbocycles. The van der Waals surface area contributed by atoms with Crippen LogP contribution in [0.3, 0.4) is 0 Å². The molecule has 3 aromatic rings. The highest BCUT2D eigenvalue weighted by atomic mass is 16.5. The molecule has 0 spiro atoms. The number of methoxy groups -OCH3 is 2. The van der Waals surface area contributed by atoms with Crippen molar-refractivity contribution >= 4 is 11.6 Å². The Morgan fingerprint density at radius 2 is 1.85 bits per heavy atom. The van der Waals surface area contributed by atoms with Crippen LogP contribution in [0.4, 0.5) is 5.69 Å². The quantitative estimate of drug-likeness (QED) is 0.683. The number of nitrogens with zero attached hydrogens (tertiary/aromatic N) is 4. The molecule has 1 aromatic heterocycles. The molecule has 1 atom stereocenters. The molecular formula is C19H20N5O3-. The molecule has 0 unspecified atom stereocenters. The second kappa shape index (κ2) is 8.31. The summed E-state index contributed by atoms with van der Waals surface area (Å²) in [5, 5.41) is 17.7. The zero-order chi connectivity index (χ0) is 19.2. The van der Waals surface area contributed by atoms with Crippen LogP contribution in [0.1, 0.15) is 22.9 Å². The third-order valence-corrected chi connectivity index (χ3v) is 4.17. The summed E-state index contributed by atoms with van der Waals surface area (Å²) in [7, 11) is 3.10. The second-order valence-corrected chi connectivity index (χ2v) is 6.04. The first-order valence-corrected chi connectivity index (χ1v) is 8.37. The van der Waals surface area contributed by atoms with Gasteiger partial charge >= 0.3 is 0 Å². The lowest BCUT2D eigenvalue weighted by molar-refractivity contribution is -0.117. The number of rotatable bonds is 7. The van der Waals surface area contributed by atoms with Crippen molar-refractivity contribution in [1.29, 1.82) is 0 Å². The van der Waals surface area contributed by atoms with Crippen molar-refractivity contribution in [2.24, 2.45) is 0 Å². The third-order valence-electron chi connectivity index (χ3n) is 4.17. The van der Waals surface area contributed by atoms with E-state index < -0.39 is 5.92 Å². The Bertz CT molecular complexity index is 894. The van der Waals surface area contributed by atoms with E-state index in [4.69, 9.17) is 9.47 Å². The largest absolute Gasteiger partial charge is 0.493 e. The average Bonchev–Trinajstić information content (AvgIpc) is 3.21. The van der Waals surface area contributed by atoms with Gasteiger partial charge in [-0.2, -0.15) is 5.21 Å². The average molecular weight is 366 g/mol. The van der Waals surface area contributed by atoms with E-state index in [9.17, 15) is 4.79 Å². The maximum absolute atomic E-state index is 12.9. The number of amides is 1. The molecule has 0 saturated heterocycles. The summed E-state index contributed by atoms with van der Waals surface area (Å²) in [4.78, 5) is 12.9. The number of aryl methyl sites for hydroxylation is 1. The maximum Gasteiger partial charge on any atom is 0.232 e. The Labute approximate surface area is 156 Å². The fourth-order valence-corrected chi connectivity index (χ4v) is 2.70. The molecule has 1 heterocycles. The van der Waals surface area contributed by atoms with Gasteiger partial charge < -0.3 is 19.9 Å². The fraction of sp³-hybridized carbons (Fsp3) is 0.263. The standard InChI is InChI=1S/C19H21N5O3/c1-12-4-6-13(7-5-12)10-15(18-21-23-24-22-18)19(25)20-14-8-9-16(26-2)17(11-14)27-3/h4-9,11,15H,10H2,1-3H3,(H2,20,21,22,23,24,25)/p-1/t15-/m0/s1. The first-order chi connectivity index (χ1) is 13.1. The van der Waals surface area contributed by atoms with E-state index in [1.807, 2.05) is 31.2 Å². The van der Waals surface area contributed by atoms with Crippen molar-refractivity contribution in [2.45, 2.75) is 19.3 Å². The maximum atomic E-state index is 12.9. The van der Waals surface area contributed by atoms with E-state index in [1.54, 1.807) is 32.4 Å². The molecule has 3 rings (SSSR count). The normalized spacial score (nSPS) is 11.7. The Morgan fingerprint density at radius 3 is 2.48 bits per heavy atom. The van der Waals surface area contributed by atoms with Gasteiger partial charge in [-0.05, 0) is 31.0 Å². The molecule has 0 bridgehead atoms. The number of aromatic nitrogens is 4. The van der Waals surface area contributed by atoms with Gasteiger partial charge in [0.05, 0.1) is 20.1 Å². The van der Waals surface area contributed by atoms with Gasteiger partial charge in [-0.3, -0.25) is 15.1 Å². The molecule has 0 aliphatic rings. The van der Waals surface area contributed by atoms with Gasteiger partial charge in [-0.15, -0.1) is 0 Å². The van der Waals surface area contributed by atoms with Crippen molar-refractivity contribution < 1.29 is 14.3 Å². The molecule has 8 heteroatoms. The first-order valence-electron chi connectivity index (χ1n) is 8.37. The summed E-state index contributed by atoms with van der Waals surface area (Å²) in [6.07, 6.45) is 0.437. The van der Waals surface area contributed by atoms with Gasteiger partial charge in [0.2, 0.25) is 5.91 Å². The van der Waals surface area contributed by atoms with Gasteiger partial charge in [0, 0.05) is 17.6 Å².